The Balaban J connectivity index is 1.64. The third-order valence-electron chi connectivity index (χ3n) is 4.42. The van der Waals surface area contributed by atoms with E-state index in [4.69, 9.17) is 0 Å². The molecule has 72 valence electrons. The molecule has 3 fully saturated rings. The van der Waals surface area contributed by atoms with Crippen LogP contribution in [0, 0.1) is 10.8 Å². The van der Waals surface area contributed by atoms with E-state index in [1.807, 2.05) is 0 Å². The molecule has 0 aromatic heterocycles. The first-order chi connectivity index (χ1) is 6.10. The average molecular weight is 292 g/mol. The van der Waals surface area contributed by atoms with Gasteiger partial charge in [0.05, 0.1) is 0 Å². The highest BCUT2D eigenvalue weighted by Crippen LogP contribution is 2.95. The van der Waals surface area contributed by atoms with Crippen molar-refractivity contribution >= 4 is 28.8 Å². The van der Waals surface area contributed by atoms with E-state index in [0.717, 1.165) is 6.54 Å². The van der Waals surface area contributed by atoms with Crippen molar-refractivity contribution in [2.45, 2.75) is 31.7 Å². The second-order valence-corrected chi connectivity index (χ2v) is 5.52. The standard InChI is InChI=1S/C9H13IN2O/c1-6(13)11-5-7-2-8(7)4-9(8,3-7)12-10/h12H,2-5H2,1H3,(H,11,13). The topological polar surface area (TPSA) is 41.1 Å². The van der Waals surface area contributed by atoms with Gasteiger partial charge in [-0.3, -0.25) is 8.32 Å². The van der Waals surface area contributed by atoms with Crippen LogP contribution in [-0.4, -0.2) is 18.0 Å². The lowest BCUT2D eigenvalue weighted by Crippen LogP contribution is -2.44. The van der Waals surface area contributed by atoms with Crippen LogP contribution in [0.2, 0.25) is 0 Å². The Morgan fingerprint density at radius 2 is 2.23 bits per heavy atom. The maximum Gasteiger partial charge on any atom is 0.216 e. The first-order valence-electron chi connectivity index (χ1n) is 4.72. The van der Waals surface area contributed by atoms with E-state index in [-0.39, 0.29) is 5.91 Å². The molecule has 3 nitrogen and oxygen atoms in total. The van der Waals surface area contributed by atoms with Gasteiger partial charge in [0.1, 0.15) is 0 Å². The van der Waals surface area contributed by atoms with Crippen LogP contribution in [0.5, 0.6) is 0 Å². The fraction of sp³-hybridized carbons (Fsp3) is 0.889. The largest absolute Gasteiger partial charge is 0.356 e. The lowest BCUT2D eigenvalue weighted by molar-refractivity contribution is -0.119. The summed E-state index contributed by atoms with van der Waals surface area (Å²) in [6.45, 7) is 2.50. The predicted molar refractivity (Wildman–Crippen MR) is 57.3 cm³/mol. The number of amides is 1. The Morgan fingerprint density at radius 3 is 2.69 bits per heavy atom. The molecule has 0 bridgehead atoms. The van der Waals surface area contributed by atoms with Gasteiger partial charge in [-0.1, -0.05) is 0 Å². The van der Waals surface area contributed by atoms with Crippen molar-refractivity contribution < 1.29 is 4.79 Å². The second kappa shape index (κ2) is 2.05. The molecule has 0 radical (unpaired) electrons. The summed E-state index contributed by atoms with van der Waals surface area (Å²) in [5.41, 5.74) is 1.58. The van der Waals surface area contributed by atoms with Gasteiger partial charge in [0.2, 0.25) is 5.91 Å². The van der Waals surface area contributed by atoms with Crippen LogP contribution in [0.3, 0.4) is 0 Å². The first-order valence-corrected chi connectivity index (χ1v) is 5.80. The molecule has 0 saturated heterocycles. The molecule has 13 heavy (non-hydrogen) atoms. The number of carbonyl (C=O) groups excluding carboxylic acids is 1. The van der Waals surface area contributed by atoms with Crippen LogP contribution in [-0.2, 0) is 4.79 Å². The molecule has 3 saturated carbocycles. The van der Waals surface area contributed by atoms with Gasteiger partial charge >= 0.3 is 0 Å². The third-order valence-corrected chi connectivity index (χ3v) is 5.45. The van der Waals surface area contributed by atoms with Gasteiger partial charge in [0.15, 0.2) is 0 Å². The molecular weight excluding hydrogens is 279 g/mol. The predicted octanol–water partition coefficient (Wildman–Crippen LogP) is 0.985. The molecule has 0 aromatic carbocycles. The van der Waals surface area contributed by atoms with Gasteiger partial charge in [-0.2, -0.15) is 0 Å². The van der Waals surface area contributed by atoms with Crippen LogP contribution < -0.4 is 8.85 Å². The number of hydrogen-bond donors (Lipinski definition) is 2. The summed E-state index contributed by atoms with van der Waals surface area (Å²) < 4.78 is 3.40. The highest BCUT2D eigenvalue weighted by molar-refractivity contribution is 14.1. The Bertz CT molecular complexity index is 308. The minimum Gasteiger partial charge on any atom is -0.356 e. The zero-order valence-corrected chi connectivity index (χ0v) is 9.77. The monoisotopic (exact) mass is 292 g/mol. The van der Waals surface area contributed by atoms with Gasteiger partial charge in [-0.05, 0) is 30.1 Å². The second-order valence-electron chi connectivity index (χ2n) is 4.98. The van der Waals surface area contributed by atoms with Crippen molar-refractivity contribution in [1.29, 1.82) is 0 Å². The Hall–Kier alpha value is 0.160. The van der Waals surface area contributed by atoms with E-state index in [1.165, 1.54) is 19.3 Å². The maximum atomic E-state index is 10.8. The van der Waals surface area contributed by atoms with Crippen LogP contribution >= 0.6 is 22.9 Å². The first kappa shape index (κ1) is 8.47. The van der Waals surface area contributed by atoms with Crippen LogP contribution in [0.1, 0.15) is 26.2 Å². The Morgan fingerprint density at radius 1 is 1.46 bits per heavy atom. The van der Waals surface area contributed by atoms with Gasteiger partial charge in [-0.25, -0.2) is 0 Å². The molecule has 1 spiro atoms. The average Bonchev–Trinajstić information content (AvgIpc) is 2.84. The lowest BCUT2D eigenvalue weighted by atomic mass is 9.80. The zero-order chi connectivity index (χ0) is 9.32. The number of halogens is 1. The summed E-state index contributed by atoms with van der Waals surface area (Å²) in [6, 6.07) is 0. The summed E-state index contributed by atoms with van der Waals surface area (Å²) in [4.78, 5) is 10.8. The molecule has 1 amide bonds. The lowest BCUT2D eigenvalue weighted by Gasteiger charge is -2.33. The van der Waals surface area contributed by atoms with E-state index < -0.39 is 0 Å². The van der Waals surface area contributed by atoms with Crippen LogP contribution in [0.4, 0.5) is 0 Å². The van der Waals surface area contributed by atoms with Gasteiger partial charge in [0, 0.05) is 41.9 Å². The zero-order valence-electron chi connectivity index (χ0n) is 7.61. The number of hydrogen-bond acceptors (Lipinski definition) is 2. The van der Waals surface area contributed by atoms with E-state index in [9.17, 15) is 4.79 Å². The number of rotatable bonds is 3. The fourth-order valence-corrected chi connectivity index (χ4v) is 4.51. The number of carbonyl (C=O) groups is 1. The van der Waals surface area contributed by atoms with Crippen LogP contribution in [0.25, 0.3) is 0 Å². The van der Waals surface area contributed by atoms with Crippen molar-refractivity contribution in [3.8, 4) is 0 Å². The van der Waals surface area contributed by atoms with E-state index >= 15 is 0 Å². The van der Waals surface area contributed by atoms with Crippen molar-refractivity contribution in [1.82, 2.24) is 8.85 Å². The molecule has 0 aliphatic heterocycles. The summed E-state index contributed by atoms with van der Waals surface area (Å²) in [6.07, 6.45) is 3.93. The smallest absolute Gasteiger partial charge is 0.216 e. The molecule has 3 aliphatic carbocycles. The molecule has 0 aromatic rings. The summed E-state index contributed by atoms with van der Waals surface area (Å²) in [5, 5.41) is 2.95. The maximum absolute atomic E-state index is 10.8. The van der Waals surface area contributed by atoms with Crippen molar-refractivity contribution in [3.05, 3.63) is 0 Å². The molecular formula is C9H13IN2O. The molecule has 4 heteroatoms. The van der Waals surface area contributed by atoms with Crippen LogP contribution in [0.15, 0.2) is 0 Å². The van der Waals surface area contributed by atoms with Crippen molar-refractivity contribution in [3.63, 3.8) is 0 Å². The third kappa shape index (κ3) is 0.741. The van der Waals surface area contributed by atoms with E-state index in [1.54, 1.807) is 6.92 Å². The summed E-state index contributed by atoms with van der Waals surface area (Å²) in [5.74, 6) is 0.108. The highest BCUT2D eigenvalue weighted by atomic mass is 127. The SMILES string of the molecule is CC(=O)NCC12CC3(NI)CC13C2. The molecule has 3 unspecified atom stereocenters. The normalized spacial score (nSPS) is 54.3. The Labute approximate surface area is 91.5 Å². The van der Waals surface area contributed by atoms with Crippen molar-refractivity contribution in [2.24, 2.45) is 10.8 Å². The van der Waals surface area contributed by atoms with Gasteiger partial charge < -0.3 is 5.32 Å². The molecule has 3 aliphatic rings. The minimum absolute atomic E-state index is 0.108. The molecule has 3 rings (SSSR count). The highest BCUT2D eigenvalue weighted by Gasteiger charge is 2.96. The van der Waals surface area contributed by atoms with E-state index in [2.05, 4.69) is 31.7 Å². The quantitative estimate of drug-likeness (QED) is 0.601. The number of nitrogens with one attached hydrogen (secondary N) is 2. The molecule has 0 heterocycles. The Kier molecular flexibility index (Phi) is 1.34. The van der Waals surface area contributed by atoms with Crippen molar-refractivity contribution in [2.75, 3.05) is 6.54 Å². The van der Waals surface area contributed by atoms with Gasteiger partial charge in [-0.15, -0.1) is 0 Å². The summed E-state index contributed by atoms with van der Waals surface area (Å²) >= 11 is 2.27. The minimum atomic E-state index is 0.108. The van der Waals surface area contributed by atoms with Gasteiger partial charge in [0.25, 0.3) is 0 Å². The molecule has 2 N–H and O–H groups in total. The summed E-state index contributed by atoms with van der Waals surface area (Å²) in [7, 11) is 0. The molecule has 3 atom stereocenters. The van der Waals surface area contributed by atoms with E-state index in [0.29, 0.717) is 16.4 Å². The fourth-order valence-electron chi connectivity index (χ4n) is 3.61.